The summed E-state index contributed by atoms with van der Waals surface area (Å²) in [5, 5.41) is 11.0. The van der Waals surface area contributed by atoms with Crippen LogP contribution in [0, 0.1) is 6.92 Å². The van der Waals surface area contributed by atoms with Crippen LogP contribution in [0.15, 0.2) is 71.7 Å². The molecule has 0 atom stereocenters. The molecule has 2 heterocycles. The Morgan fingerprint density at radius 1 is 1.00 bits per heavy atom. The minimum atomic E-state index is -0.510. The second-order valence-corrected chi connectivity index (χ2v) is 6.33. The maximum absolute atomic E-state index is 12.7. The molecule has 0 amide bonds. The number of benzene rings is 2. The van der Waals surface area contributed by atoms with E-state index in [0.717, 1.165) is 16.8 Å². The number of aryl methyl sites for hydroxylation is 1. The highest BCUT2D eigenvalue weighted by molar-refractivity contribution is 5.82. The van der Waals surface area contributed by atoms with Crippen molar-refractivity contribution in [1.82, 2.24) is 14.7 Å². The molecular weight excluding hydrogens is 340 g/mol. The Labute approximate surface area is 155 Å². The molecule has 0 aliphatic carbocycles. The van der Waals surface area contributed by atoms with Gasteiger partial charge in [0.1, 0.15) is 0 Å². The number of hydrogen-bond acceptors (Lipinski definition) is 5. The van der Waals surface area contributed by atoms with E-state index in [1.54, 1.807) is 17.2 Å². The van der Waals surface area contributed by atoms with E-state index in [2.05, 4.69) is 9.97 Å². The Bertz CT molecular complexity index is 1190. The summed E-state index contributed by atoms with van der Waals surface area (Å²) in [4.78, 5) is 23.3. The molecule has 0 bridgehead atoms. The maximum Gasteiger partial charge on any atom is 0.292 e. The lowest BCUT2D eigenvalue weighted by Gasteiger charge is -2.17. The Hall–Kier alpha value is -3.67. The van der Waals surface area contributed by atoms with Crippen LogP contribution in [0.1, 0.15) is 5.56 Å². The van der Waals surface area contributed by atoms with Gasteiger partial charge < -0.3 is 10.1 Å². The van der Waals surface area contributed by atoms with Crippen molar-refractivity contribution in [3.8, 4) is 11.1 Å². The molecule has 0 unspecified atom stereocenters. The summed E-state index contributed by atoms with van der Waals surface area (Å²) >= 11 is 0. The zero-order chi connectivity index (χ0) is 19.0. The molecule has 2 aromatic heterocycles. The fourth-order valence-electron chi connectivity index (χ4n) is 3.07. The molecule has 0 fully saturated rings. The van der Waals surface area contributed by atoms with Gasteiger partial charge in [0.05, 0.1) is 5.56 Å². The molecule has 0 aliphatic rings. The number of fused-ring (bicyclic) bond motifs is 1. The largest absolute Gasteiger partial charge is 0.423 e. The highest BCUT2D eigenvalue weighted by Gasteiger charge is 2.15. The molecule has 6 heteroatoms. The molecule has 27 heavy (non-hydrogen) atoms. The fourth-order valence-corrected chi connectivity index (χ4v) is 3.07. The van der Waals surface area contributed by atoms with E-state index in [1.807, 2.05) is 68.6 Å². The Morgan fingerprint density at radius 3 is 2.44 bits per heavy atom. The molecule has 0 radical (unpaired) electrons. The van der Waals surface area contributed by atoms with Crippen LogP contribution in [-0.2, 0) is 0 Å². The van der Waals surface area contributed by atoms with Gasteiger partial charge in [-0.3, -0.25) is 4.79 Å². The van der Waals surface area contributed by atoms with Crippen molar-refractivity contribution in [2.24, 2.45) is 0 Å². The molecule has 0 saturated carbocycles. The first-order valence-corrected chi connectivity index (χ1v) is 8.53. The number of aromatic nitrogens is 3. The van der Waals surface area contributed by atoms with Gasteiger partial charge in [0.25, 0.3) is 5.56 Å². The van der Waals surface area contributed by atoms with Crippen molar-refractivity contribution in [2.45, 2.75) is 6.92 Å². The van der Waals surface area contributed by atoms with Gasteiger partial charge in [0.2, 0.25) is 5.95 Å². The minimum absolute atomic E-state index is 0.171. The van der Waals surface area contributed by atoms with Gasteiger partial charge in [-0.1, -0.05) is 42.5 Å². The van der Waals surface area contributed by atoms with Gasteiger partial charge in [-0.25, -0.2) is 4.98 Å². The minimum Gasteiger partial charge on any atom is -0.423 e. The van der Waals surface area contributed by atoms with Crippen LogP contribution >= 0.6 is 0 Å². The monoisotopic (exact) mass is 358 g/mol. The molecule has 134 valence electrons. The lowest BCUT2D eigenvalue weighted by atomic mass is 10.0. The van der Waals surface area contributed by atoms with Crippen LogP contribution in [0.5, 0.6) is 0 Å². The van der Waals surface area contributed by atoms with E-state index in [1.165, 1.54) is 0 Å². The number of pyridine rings is 1. The molecule has 1 N–H and O–H groups in total. The van der Waals surface area contributed by atoms with Crippen LogP contribution in [0.3, 0.4) is 0 Å². The Balaban J connectivity index is 1.87. The van der Waals surface area contributed by atoms with Crippen LogP contribution in [0.2, 0.25) is 0 Å². The molecular formula is C21H18N4O2. The van der Waals surface area contributed by atoms with Crippen molar-refractivity contribution in [2.75, 3.05) is 11.9 Å². The fraction of sp³-hybridized carbons (Fsp3) is 0.0952. The van der Waals surface area contributed by atoms with E-state index in [0.29, 0.717) is 21.6 Å². The first kappa shape index (κ1) is 16.8. The standard InChI is InChI=1S/C21H18N4O2/c1-14-8-6-7-11-17(14)18-12-15-13-22-21(23-19(15)25(27)20(18)26)24(2)16-9-4-3-5-10-16/h3-13,27H,1-2H3. The average Bonchev–Trinajstić information content (AvgIpc) is 2.71. The highest BCUT2D eigenvalue weighted by atomic mass is 16.5. The number of nitrogens with zero attached hydrogens (tertiary/aromatic N) is 4. The normalized spacial score (nSPS) is 10.9. The van der Waals surface area contributed by atoms with Gasteiger partial charge in [-0.05, 0) is 36.2 Å². The van der Waals surface area contributed by atoms with Gasteiger partial charge in [0.15, 0.2) is 5.65 Å². The first-order chi connectivity index (χ1) is 13.1. The van der Waals surface area contributed by atoms with Crippen molar-refractivity contribution in [3.05, 3.63) is 82.8 Å². The van der Waals surface area contributed by atoms with E-state index in [4.69, 9.17) is 0 Å². The summed E-state index contributed by atoms with van der Waals surface area (Å²) < 4.78 is 0.598. The van der Waals surface area contributed by atoms with E-state index in [-0.39, 0.29) is 5.65 Å². The van der Waals surface area contributed by atoms with Crippen LogP contribution < -0.4 is 10.5 Å². The number of hydrogen-bond donors (Lipinski definition) is 1. The lowest BCUT2D eigenvalue weighted by Crippen LogP contribution is -2.22. The van der Waals surface area contributed by atoms with E-state index in [9.17, 15) is 10.0 Å². The van der Waals surface area contributed by atoms with Crippen molar-refractivity contribution in [3.63, 3.8) is 0 Å². The third-order valence-electron chi connectivity index (χ3n) is 4.59. The SMILES string of the molecule is Cc1ccccc1-c1cc2cnc(N(C)c3ccccc3)nc2n(O)c1=O. The Kier molecular flexibility index (Phi) is 4.08. The van der Waals surface area contributed by atoms with Gasteiger partial charge >= 0.3 is 0 Å². The summed E-state index contributed by atoms with van der Waals surface area (Å²) in [7, 11) is 1.83. The second-order valence-electron chi connectivity index (χ2n) is 6.33. The molecule has 0 saturated heterocycles. The van der Waals surface area contributed by atoms with Crippen molar-refractivity contribution >= 4 is 22.7 Å². The van der Waals surface area contributed by atoms with Crippen LogP contribution in [-0.4, -0.2) is 27.0 Å². The van der Waals surface area contributed by atoms with E-state index < -0.39 is 5.56 Å². The second kappa shape index (κ2) is 6.57. The van der Waals surface area contributed by atoms with Gasteiger partial charge in [-0.2, -0.15) is 4.98 Å². The predicted molar refractivity (Wildman–Crippen MR) is 106 cm³/mol. The van der Waals surface area contributed by atoms with Crippen molar-refractivity contribution in [1.29, 1.82) is 0 Å². The van der Waals surface area contributed by atoms with Crippen LogP contribution in [0.25, 0.3) is 22.2 Å². The summed E-state index contributed by atoms with van der Waals surface area (Å²) in [5.41, 5.74) is 2.71. The third kappa shape index (κ3) is 2.91. The first-order valence-electron chi connectivity index (χ1n) is 8.53. The third-order valence-corrected chi connectivity index (χ3v) is 4.59. The molecule has 0 aliphatic heterocycles. The Morgan fingerprint density at radius 2 is 1.70 bits per heavy atom. The molecule has 4 rings (SSSR count). The maximum atomic E-state index is 12.7. The zero-order valence-corrected chi connectivity index (χ0v) is 15.0. The summed E-state index contributed by atoms with van der Waals surface area (Å²) in [6.07, 6.45) is 1.62. The zero-order valence-electron chi connectivity index (χ0n) is 15.0. The number of anilines is 2. The molecule has 4 aromatic rings. The summed E-state index contributed by atoms with van der Waals surface area (Å²) in [6.45, 7) is 1.93. The smallest absolute Gasteiger partial charge is 0.292 e. The topological polar surface area (TPSA) is 71.2 Å². The molecule has 6 nitrogen and oxygen atoms in total. The lowest BCUT2D eigenvalue weighted by molar-refractivity contribution is 0.187. The van der Waals surface area contributed by atoms with Gasteiger partial charge in [0, 0.05) is 24.3 Å². The van der Waals surface area contributed by atoms with E-state index >= 15 is 0 Å². The average molecular weight is 358 g/mol. The molecule has 0 spiro atoms. The summed E-state index contributed by atoms with van der Waals surface area (Å²) in [5.74, 6) is 0.388. The number of para-hydroxylation sites is 1. The van der Waals surface area contributed by atoms with Crippen molar-refractivity contribution < 1.29 is 5.21 Å². The van der Waals surface area contributed by atoms with Crippen LogP contribution in [0.4, 0.5) is 11.6 Å². The van der Waals surface area contributed by atoms with Gasteiger partial charge in [-0.15, -0.1) is 4.73 Å². The quantitative estimate of drug-likeness (QED) is 0.565. The number of rotatable bonds is 3. The predicted octanol–water partition coefficient (Wildman–Crippen LogP) is 3.77. The molecule has 2 aromatic carbocycles. The summed E-state index contributed by atoms with van der Waals surface area (Å²) in [6, 6.07) is 18.9. The highest BCUT2D eigenvalue weighted by Crippen LogP contribution is 2.25.